The van der Waals surface area contributed by atoms with Crippen LogP contribution in [0.2, 0.25) is 0 Å². The molecule has 1 aliphatic heterocycles. The molecule has 9 heteroatoms. The molecule has 1 saturated heterocycles. The lowest BCUT2D eigenvalue weighted by Crippen LogP contribution is -2.67. The fraction of sp³-hybridized carbons (Fsp3) is 0.917. The number of hydrogen-bond donors (Lipinski definition) is 6. The predicted octanol–water partition coefficient (Wildman–Crippen LogP) is 3.32. The number of hydrogen-bond acceptors (Lipinski definition) is 9. The van der Waals surface area contributed by atoms with Gasteiger partial charge in [-0.05, 0) is 103 Å². The topological polar surface area (TPSA) is 157 Å². The Labute approximate surface area is 268 Å². The van der Waals surface area contributed by atoms with Crippen LogP contribution in [0, 0.1) is 56.7 Å². The average Bonchev–Trinajstić information content (AvgIpc) is 2.98. The summed E-state index contributed by atoms with van der Waals surface area (Å²) < 4.78 is 11.6. The van der Waals surface area contributed by atoms with Gasteiger partial charge in [0.15, 0.2) is 0 Å². The van der Waals surface area contributed by atoms with Crippen LogP contribution in [0.15, 0.2) is 11.6 Å². The fourth-order valence-corrected chi connectivity index (χ4v) is 12.4. The van der Waals surface area contributed by atoms with E-state index in [1.165, 1.54) is 5.57 Å². The summed E-state index contributed by atoms with van der Waals surface area (Å²) in [4.78, 5) is 14.4. The molecule has 0 radical (unpaired) electrons. The zero-order valence-corrected chi connectivity index (χ0v) is 28.3. The Kier molecular flexibility index (Phi) is 8.25. The van der Waals surface area contributed by atoms with E-state index in [2.05, 4.69) is 54.5 Å². The summed E-state index contributed by atoms with van der Waals surface area (Å²) in [7, 11) is 0. The van der Waals surface area contributed by atoms with Crippen molar-refractivity contribution in [3.8, 4) is 0 Å². The first-order chi connectivity index (χ1) is 20.9. The number of allylic oxidation sites excluding steroid dienone is 2. The Bertz CT molecular complexity index is 1200. The van der Waals surface area contributed by atoms with Crippen molar-refractivity contribution in [2.75, 3.05) is 6.61 Å². The number of fused-ring (bicyclic) bond motifs is 7. The molecule has 0 aromatic rings. The van der Waals surface area contributed by atoms with Crippen molar-refractivity contribution >= 4 is 5.97 Å². The molecule has 5 fully saturated rings. The smallest absolute Gasteiger partial charge is 0.315 e. The van der Waals surface area contributed by atoms with E-state index in [0.717, 1.165) is 32.1 Å². The molecule has 256 valence electrons. The van der Waals surface area contributed by atoms with E-state index in [1.807, 2.05) is 0 Å². The van der Waals surface area contributed by atoms with Gasteiger partial charge in [0.1, 0.15) is 24.4 Å². The van der Waals surface area contributed by atoms with Crippen molar-refractivity contribution in [1.29, 1.82) is 0 Å². The molecule has 0 aromatic heterocycles. The lowest BCUT2D eigenvalue weighted by molar-refractivity contribution is -0.297. The first-order valence-electron chi connectivity index (χ1n) is 17.5. The molecule has 6 aliphatic rings. The standard InChI is InChI=1S/C36H58O9/c1-18-10-13-36(31(43)45-30-28(41)27(40)26(39)22(17-37)44-30)15-14-34(6)20(25(36)19(18)2)8-9-24-33(5)16-21(38)29(42)32(3,4)23(33)11-12-35(24,34)7/h8,18-19,21-30,37-42H,9-17H2,1-7H3/t18-,19+,21-,22+,23?,24?,25+,26+,27-,28+,29-,30+,33?,34+,35?,36+/m1/s1. The monoisotopic (exact) mass is 634 g/mol. The third-order valence-corrected chi connectivity index (χ3v) is 15.4. The molecule has 0 aromatic carbocycles. The van der Waals surface area contributed by atoms with Gasteiger partial charge < -0.3 is 40.1 Å². The lowest BCUT2D eigenvalue weighted by atomic mass is 9.33. The molecule has 4 unspecified atom stereocenters. The summed E-state index contributed by atoms with van der Waals surface area (Å²) in [5.74, 6) is 0.739. The maximum absolute atomic E-state index is 14.4. The third-order valence-electron chi connectivity index (χ3n) is 15.4. The second-order valence-electron chi connectivity index (χ2n) is 17.4. The van der Waals surface area contributed by atoms with E-state index in [0.29, 0.717) is 37.0 Å². The summed E-state index contributed by atoms with van der Waals surface area (Å²) in [6, 6.07) is 0. The van der Waals surface area contributed by atoms with Gasteiger partial charge in [0.2, 0.25) is 6.29 Å². The van der Waals surface area contributed by atoms with Crippen LogP contribution >= 0.6 is 0 Å². The van der Waals surface area contributed by atoms with E-state index in [4.69, 9.17) is 9.47 Å². The first kappa shape index (κ1) is 33.8. The van der Waals surface area contributed by atoms with Gasteiger partial charge in [-0.2, -0.15) is 0 Å². The highest BCUT2D eigenvalue weighted by Gasteiger charge is 2.70. The molecule has 0 amide bonds. The molecular weight excluding hydrogens is 576 g/mol. The molecule has 16 atom stereocenters. The fourth-order valence-electron chi connectivity index (χ4n) is 12.4. The van der Waals surface area contributed by atoms with E-state index in [9.17, 15) is 35.4 Å². The van der Waals surface area contributed by atoms with Crippen LogP contribution in [0.5, 0.6) is 0 Å². The molecule has 45 heavy (non-hydrogen) atoms. The zero-order chi connectivity index (χ0) is 33.1. The van der Waals surface area contributed by atoms with Crippen LogP contribution in [0.25, 0.3) is 0 Å². The van der Waals surface area contributed by atoms with Crippen molar-refractivity contribution in [2.24, 2.45) is 56.7 Å². The number of aliphatic hydroxyl groups excluding tert-OH is 6. The summed E-state index contributed by atoms with van der Waals surface area (Å²) in [6.07, 6.45) is -0.00749. The third kappa shape index (κ3) is 4.46. The Morgan fingerprint density at radius 3 is 2.27 bits per heavy atom. The maximum atomic E-state index is 14.4. The quantitative estimate of drug-likeness (QED) is 0.203. The van der Waals surface area contributed by atoms with Crippen molar-refractivity contribution in [3.63, 3.8) is 0 Å². The van der Waals surface area contributed by atoms with Gasteiger partial charge in [0.05, 0.1) is 24.2 Å². The number of carbonyl (C=O) groups excluding carboxylic acids is 1. The van der Waals surface area contributed by atoms with Crippen molar-refractivity contribution in [3.05, 3.63) is 11.6 Å². The summed E-state index contributed by atoms with van der Waals surface area (Å²) in [5.41, 5.74) is -0.223. The molecule has 6 N–H and O–H groups in total. The number of carbonyl (C=O) groups is 1. The van der Waals surface area contributed by atoms with Gasteiger partial charge in [-0.25, -0.2) is 0 Å². The summed E-state index contributed by atoms with van der Waals surface area (Å²) >= 11 is 0. The van der Waals surface area contributed by atoms with E-state index in [-0.39, 0.29) is 33.5 Å². The summed E-state index contributed by atoms with van der Waals surface area (Å²) in [6.45, 7) is 15.4. The van der Waals surface area contributed by atoms with Crippen molar-refractivity contribution < 1.29 is 44.9 Å². The van der Waals surface area contributed by atoms with Gasteiger partial charge in [0.25, 0.3) is 0 Å². The molecule has 5 aliphatic carbocycles. The highest BCUT2D eigenvalue weighted by Crippen LogP contribution is 2.75. The minimum absolute atomic E-state index is 0.0594. The molecule has 9 nitrogen and oxygen atoms in total. The number of rotatable bonds is 3. The molecule has 6 rings (SSSR count). The predicted molar refractivity (Wildman–Crippen MR) is 166 cm³/mol. The first-order valence-corrected chi connectivity index (χ1v) is 17.5. The van der Waals surface area contributed by atoms with Gasteiger partial charge >= 0.3 is 5.97 Å². The van der Waals surface area contributed by atoms with Crippen LogP contribution in [0.4, 0.5) is 0 Å². The van der Waals surface area contributed by atoms with E-state index in [1.54, 1.807) is 0 Å². The average molecular weight is 635 g/mol. The van der Waals surface area contributed by atoms with Crippen molar-refractivity contribution in [1.82, 2.24) is 0 Å². The minimum atomic E-state index is -1.63. The van der Waals surface area contributed by atoms with Gasteiger partial charge in [-0.15, -0.1) is 0 Å². The molecular formula is C36H58O9. The number of ether oxygens (including phenoxy) is 2. The van der Waals surface area contributed by atoms with Crippen LogP contribution in [0.3, 0.4) is 0 Å². The Hall–Kier alpha value is -1.07. The van der Waals surface area contributed by atoms with E-state index >= 15 is 0 Å². The molecule has 0 spiro atoms. The van der Waals surface area contributed by atoms with Gasteiger partial charge in [-0.1, -0.05) is 60.1 Å². The minimum Gasteiger partial charge on any atom is -0.432 e. The van der Waals surface area contributed by atoms with Crippen molar-refractivity contribution in [2.45, 2.75) is 143 Å². The zero-order valence-electron chi connectivity index (χ0n) is 28.3. The number of esters is 1. The van der Waals surface area contributed by atoms with Crippen LogP contribution in [0.1, 0.15) is 99.8 Å². The summed E-state index contributed by atoms with van der Waals surface area (Å²) in [5, 5.41) is 63.2. The normalized spacial score (nSPS) is 55.7. The molecule has 0 bridgehead atoms. The van der Waals surface area contributed by atoms with Gasteiger partial charge in [0, 0.05) is 0 Å². The second-order valence-corrected chi connectivity index (χ2v) is 17.4. The number of aliphatic hydroxyl groups is 6. The second kappa shape index (κ2) is 11.0. The van der Waals surface area contributed by atoms with Crippen LogP contribution in [-0.4, -0.2) is 86.1 Å². The molecule has 1 heterocycles. The van der Waals surface area contributed by atoms with Gasteiger partial charge in [-0.3, -0.25) is 4.79 Å². The highest BCUT2D eigenvalue weighted by molar-refractivity contribution is 5.79. The molecule has 4 saturated carbocycles. The SMILES string of the molecule is C[C@H]1[C@H](C)CC[C@]2(C(=O)O[C@@H]3O[C@@H](CO)[C@H](O)[C@@H](O)[C@@H]3O)CC[C@@]3(C)C(=CCC4C5(C)C[C@@H](O)[C@@H](O)C(C)(C)C5CCC43C)[C@H]12. The maximum Gasteiger partial charge on any atom is 0.315 e. The van der Waals surface area contributed by atoms with E-state index < -0.39 is 60.9 Å². The Morgan fingerprint density at radius 2 is 1.60 bits per heavy atom. The van der Waals surface area contributed by atoms with Crippen LogP contribution in [-0.2, 0) is 14.3 Å². The Balaban J connectivity index is 1.37. The Morgan fingerprint density at radius 1 is 0.911 bits per heavy atom. The van der Waals surface area contributed by atoms with Crippen LogP contribution < -0.4 is 0 Å². The highest BCUT2D eigenvalue weighted by atomic mass is 16.7. The largest absolute Gasteiger partial charge is 0.432 e. The lowest BCUT2D eigenvalue weighted by Gasteiger charge is -2.71.